The molecule has 2 aromatic rings. The molecular weight excluding hydrogens is 444 g/mol. The molecule has 2 aliphatic carbocycles. The Morgan fingerprint density at radius 2 is 1.69 bits per heavy atom. The van der Waals surface area contributed by atoms with Gasteiger partial charge in [0.2, 0.25) is 5.91 Å². The molecule has 0 radical (unpaired) electrons. The van der Waals surface area contributed by atoms with Gasteiger partial charge in [-0.1, -0.05) is 68.3 Å². The van der Waals surface area contributed by atoms with Gasteiger partial charge in [0.05, 0.1) is 0 Å². The molecule has 5 rings (SSSR count). The van der Waals surface area contributed by atoms with Crippen LogP contribution >= 0.6 is 0 Å². The second kappa shape index (κ2) is 9.36. The smallest absolute Gasteiger partial charge is 0.408 e. The van der Waals surface area contributed by atoms with Crippen molar-refractivity contribution in [2.45, 2.75) is 62.9 Å². The van der Waals surface area contributed by atoms with E-state index < -0.39 is 23.6 Å². The van der Waals surface area contributed by atoms with Gasteiger partial charge in [0.15, 0.2) is 0 Å². The molecule has 7 heteroatoms. The first kappa shape index (κ1) is 23.4. The number of nitrogens with one attached hydrogen (secondary N) is 1. The minimum absolute atomic E-state index is 0.0694. The molecule has 3 atom stereocenters. The molecule has 0 aromatic heterocycles. The number of hydrogen-bond acceptors (Lipinski definition) is 4. The number of ether oxygens (including phenoxy) is 1. The number of alkyl carbamates (subject to hydrolysis) is 1. The van der Waals surface area contributed by atoms with E-state index in [4.69, 9.17) is 4.74 Å². The lowest BCUT2D eigenvalue weighted by Gasteiger charge is -2.42. The fourth-order valence-corrected chi connectivity index (χ4v) is 6.28. The van der Waals surface area contributed by atoms with Crippen LogP contribution in [-0.4, -0.2) is 52.7 Å². The summed E-state index contributed by atoms with van der Waals surface area (Å²) in [6, 6.07) is 15.5. The van der Waals surface area contributed by atoms with Gasteiger partial charge in [0.25, 0.3) is 0 Å². The van der Waals surface area contributed by atoms with Crippen LogP contribution in [0.25, 0.3) is 11.1 Å². The third kappa shape index (κ3) is 4.28. The van der Waals surface area contributed by atoms with Gasteiger partial charge in [0, 0.05) is 12.5 Å². The van der Waals surface area contributed by atoms with Gasteiger partial charge < -0.3 is 20.1 Å². The number of amides is 2. The van der Waals surface area contributed by atoms with Crippen molar-refractivity contribution in [3.63, 3.8) is 0 Å². The van der Waals surface area contributed by atoms with Crippen molar-refractivity contribution in [3.05, 3.63) is 59.7 Å². The van der Waals surface area contributed by atoms with E-state index >= 15 is 0 Å². The lowest BCUT2D eigenvalue weighted by Crippen LogP contribution is -2.62. The molecule has 2 fully saturated rings. The molecule has 2 amide bonds. The minimum atomic E-state index is -1.13. The Kier molecular flexibility index (Phi) is 6.26. The molecule has 0 bridgehead atoms. The summed E-state index contributed by atoms with van der Waals surface area (Å²) in [6.45, 7) is 2.64. The van der Waals surface area contributed by atoms with Gasteiger partial charge in [-0.3, -0.25) is 4.79 Å². The molecule has 184 valence electrons. The van der Waals surface area contributed by atoms with Crippen LogP contribution in [0.3, 0.4) is 0 Å². The fourth-order valence-electron chi connectivity index (χ4n) is 6.28. The summed E-state index contributed by atoms with van der Waals surface area (Å²) in [5.74, 6) is -1.11. The van der Waals surface area contributed by atoms with Gasteiger partial charge >= 0.3 is 12.1 Å². The number of aliphatic carboxylic acids is 1. The maximum Gasteiger partial charge on any atom is 0.408 e. The quantitative estimate of drug-likeness (QED) is 0.660. The number of carbonyl (C=O) groups excluding carboxylic acids is 2. The van der Waals surface area contributed by atoms with Crippen molar-refractivity contribution in [3.8, 4) is 11.1 Å². The summed E-state index contributed by atoms with van der Waals surface area (Å²) in [4.78, 5) is 40.0. The number of nitrogens with zero attached hydrogens (tertiary/aromatic N) is 1. The first-order valence-electron chi connectivity index (χ1n) is 12.6. The van der Waals surface area contributed by atoms with E-state index in [2.05, 4.69) is 36.5 Å². The Morgan fingerprint density at radius 3 is 2.31 bits per heavy atom. The molecule has 2 unspecified atom stereocenters. The lowest BCUT2D eigenvalue weighted by molar-refractivity contribution is -0.152. The number of likely N-dealkylation sites (tertiary alicyclic amines) is 1. The summed E-state index contributed by atoms with van der Waals surface area (Å²) in [5.41, 5.74) is 3.43. The maximum absolute atomic E-state index is 13.7. The third-order valence-electron chi connectivity index (χ3n) is 7.89. The van der Waals surface area contributed by atoms with Crippen molar-refractivity contribution in [2.75, 3.05) is 13.2 Å². The average molecular weight is 477 g/mol. The van der Waals surface area contributed by atoms with Crippen molar-refractivity contribution in [2.24, 2.45) is 5.92 Å². The molecule has 0 spiro atoms. The van der Waals surface area contributed by atoms with Crippen LogP contribution in [-0.2, 0) is 14.3 Å². The van der Waals surface area contributed by atoms with Gasteiger partial charge in [-0.25, -0.2) is 9.59 Å². The van der Waals surface area contributed by atoms with Gasteiger partial charge in [-0.2, -0.15) is 0 Å². The summed E-state index contributed by atoms with van der Waals surface area (Å²) >= 11 is 0. The molecule has 35 heavy (non-hydrogen) atoms. The third-order valence-corrected chi connectivity index (χ3v) is 7.89. The van der Waals surface area contributed by atoms with Gasteiger partial charge in [-0.15, -0.1) is 0 Å². The van der Waals surface area contributed by atoms with E-state index in [1.54, 1.807) is 0 Å². The lowest BCUT2D eigenvalue weighted by atomic mass is 9.75. The second-order valence-corrected chi connectivity index (χ2v) is 10.2. The average Bonchev–Trinajstić information content (AvgIpc) is 3.46. The summed E-state index contributed by atoms with van der Waals surface area (Å²) in [6.07, 6.45) is 3.21. The Bertz CT molecular complexity index is 1100. The molecule has 1 aliphatic heterocycles. The van der Waals surface area contributed by atoms with Crippen LogP contribution in [0.1, 0.15) is 62.5 Å². The first-order chi connectivity index (χ1) is 16.9. The molecule has 1 heterocycles. The normalized spacial score (nSPS) is 25.6. The second-order valence-electron chi connectivity index (χ2n) is 10.2. The van der Waals surface area contributed by atoms with E-state index in [1.165, 1.54) is 4.90 Å². The highest BCUT2D eigenvalue weighted by Gasteiger charge is 2.49. The van der Waals surface area contributed by atoms with E-state index in [-0.39, 0.29) is 24.3 Å². The zero-order valence-electron chi connectivity index (χ0n) is 20.0. The molecule has 1 saturated heterocycles. The van der Waals surface area contributed by atoms with E-state index in [9.17, 15) is 19.5 Å². The van der Waals surface area contributed by atoms with Crippen molar-refractivity contribution < 1.29 is 24.2 Å². The Labute approximate surface area is 205 Å². The van der Waals surface area contributed by atoms with Gasteiger partial charge in [-0.05, 0) is 53.9 Å². The zero-order valence-corrected chi connectivity index (χ0v) is 20.0. The fraction of sp³-hybridized carbons (Fsp3) is 0.464. The topological polar surface area (TPSA) is 95.9 Å². The maximum atomic E-state index is 13.7. The highest BCUT2D eigenvalue weighted by atomic mass is 16.5. The minimum Gasteiger partial charge on any atom is -0.480 e. The Balaban J connectivity index is 1.33. The molecule has 2 N–H and O–H groups in total. The van der Waals surface area contributed by atoms with Crippen LogP contribution in [0.4, 0.5) is 4.79 Å². The van der Waals surface area contributed by atoms with Crippen molar-refractivity contribution in [1.82, 2.24) is 10.2 Å². The highest BCUT2D eigenvalue weighted by Crippen LogP contribution is 2.44. The van der Waals surface area contributed by atoms with E-state index in [0.717, 1.165) is 35.1 Å². The number of carboxylic acids is 1. The molecule has 7 nitrogen and oxygen atoms in total. The van der Waals surface area contributed by atoms with Crippen molar-refractivity contribution >= 4 is 18.0 Å². The standard InChI is InChI=1S/C28H32N2O5/c1-18-8-6-14-28(16-18,26(33)30-15-7-13-24(30)25(31)32)29-27(34)35-17-23-21-11-4-2-9-19(21)20-10-3-5-12-22(20)23/h2-5,9-12,18,23-24H,6-8,13-17H2,1H3,(H,29,34)(H,31,32)/t18?,24-,28?/m0/s1. The van der Waals surface area contributed by atoms with Crippen molar-refractivity contribution in [1.29, 1.82) is 0 Å². The number of fused-ring (bicyclic) bond motifs is 3. The number of hydrogen-bond donors (Lipinski definition) is 2. The zero-order chi connectivity index (χ0) is 24.6. The predicted octanol–water partition coefficient (Wildman–Crippen LogP) is 4.55. The molecule has 2 aromatic carbocycles. The predicted molar refractivity (Wildman–Crippen MR) is 131 cm³/mol. The number of rotatable bonds is 5. The molecule has 3 aliphatic rings. The van der Waals surface area contributed by atoms with E-state index in [1.807, 2.05) is 24.3 Å². The number of benzene rings is 2. The van der Waals surface area contributed by atoms with Crippen LogP contribution in [0, 0.1) is 5.92 Å². The van der Waals surface area contributed by atoms with Crippen LogP contribution in [0.5, 0.6) is 0 Å². The van der Waals surface area contributed by atoms with Crippen LogP contribution < -0.4 is 5.32 Å². The number of carboxylic acid groups (broad SMARTS) is 1. The van der Waals surface area contributed by atoms with Crippen LogP contribution in [0.2, 0.25) is 0 Å². The number of carbonyl (C=O) groups is 3. The SMILES string of the molecule is CC1CCCC(NC(=O)OCC2c3ccccc3-c3ccccc32)(C(=O)N2CCC[C@H]2C(=O)O)C1. The molecule has 1 saturated carbocycles. The Morgan fingerprint density at radius 1 is 1.03 bits per heavy atom. The monoisotopic (exact) mass is 476 g/mol. The Hall–Kier alpha value is -3.35. The molecular formula is C28H32N2O5. The van der Waals surface area contributed by atoms with Crippen LogP contribution in [0.15, 0.2) is 48.5 Å². The first-order valence-corrected chi connectivity index (χ1v) is 12.6. The largest absolute Gasteiger partial charge is 0.480 e. The summed E-state index contributed by atoms with van der Waals surface area (Å²) in [7, 11) is 0. The van der Waals surface area contributed by atoms with E-state index in [0.29, 0.717) is 32.2 Å². The highest BCUT2D eigenvalue weighted by molar-refractivity contribution is 5.93. The van der Waals surface area contributed by atoms with Gasteiger partial charge in [0.1, 0.15) is 18.2 Å². The summed E-state index contributed by atoms with van der Waals surface area (Å²) < 4.78 is 5.75. The summed E-state index contributed by atoms with van der Waals surface area (Å²) in [5, 5.41) is 12.5.